The summed E-state index contributed by atoms with van der Waals surface area (Å²) in [7, 11) is 0. The molecule has 1 fully saturated rings. The fourth-order valence-electron chi connectivity index (χ4n) is 2.98. The molecule has 1 aliphatic rings. The Morgan fingerprint density at radius 1 is 0.962 bits per heavy atom. The minimum atomic E-state index is -4.37. The second kappa shape index (κ2) is 7.35. The summed E-state index contributed by atoms with van der Waals surface area (Å²) in [6.45, 7) is 1.82. The summed E-state index contributed by atoms with van der Waals surface area (Å²) in [5.41, 5.74) is 0.562. The van der Waals surface area contributed by atoms with E-state index in [0.717, 1.165) is 17.7 Å². The molecule has 7 heteroatoms. The number of halogens is 4. The monoisotopic (exact) mass is 366 g/mol. The van der Waals surface area contributed by atoms with E-state index in [1.807, 2.05) is 4.90 Å². The van der Waals surface area contributed by atoms with Gasteiger partial charge in [0.2, 0.25) is 5.91 Å². The van der Waals surface area contributed by atoms with Gasteiger partial charge >= 0.3 is 6.18 Å². The van der Waals surface area contributed by atoms with Gasteiger partial charge < -0.3 is 9.80 Å². The first kappa shape index (κ1) is 18.2. The first-order valence-electron chi connectivity index (χ1n) is 8.27. The predicted molar refractivity (Wildman–Crippen MR) is 90.3 cm³/mol. The van der Waals surface area contributed by atoms with Crippen molar-refractivity contribution in [3.63, 3.8) is 0 Å². The molecule has 1 amide bonds. The van der Waals surface area contributed by atoms with Crippen LogP contribution in [0.25, 0.3) is 0 Å². The number of carbonyl (C=O) groups is 1. The molecule has 0 aromatic heterocycles. The average Bonchev–Trinajstić information content (AvgIpc) is 2.63. The zero-order valence-corrected chi connectivity index (χ0v) is 14.0. The third-order valence-corrected chi connectivity index (χ3v) is 4.44. The van der Waals surface area contributed by atoms with Crippen molar-refractivity contribution in [2.45, 2.75) is 12.6 Å². The van der Waals surface area contributed by atoms with Crippen LogP contribution in [0.15, 0.2) is 48.5 Å². The highest BCUT2D eigenvalue weighted by atomic mass is 19.4. The summed E-state index contributed by atoms with van der Waals surface area (Å²) in [6.07, 6.45) is -4.19. The number of piperazine rings is 1. The van der Waals surface area contributed by atoms with Crippen LogP contribution in [0, 0.1) is 5.82 Å². The molecule has 0 atom stereocenters. The summed E-state index contributed by atoms with van der Waals surface area (Å²) in [5.74, 6) is -0.420. The molecule has 0 unspecified atom stereocenters. The maximum absolute atomic E-state index is 12.9. The van der Waals surface area contributed by atoms with Crippen LogP contribution in [0.5, 0.6) is 0 Å². The maximum atomic E-state index is 12.9. The molecule has 0 radical (unpaired) electrons. The lowest BCUT2D eigenvalue weighted by Gasteiger charge is -2.36. The summed E-state index contributed by atoms with van der Waals surface area (Å²) >= 11 is 0. The molecule has 1 heterocycles. The highest BCUT2D eigenvalue weighted by Crippen LogP contribution is 2.31. The lowest BCUT2D eigenvalue weighted by molar-refractivity contribution is -0.137. The van der Waals surface area contributed by atoms with Gasteiger partial charge in [0, 0.05) is 31.9 Å². The van der Waals surface area contributed by atoms with Crippen molar-refractivity contribution in [2.75, 3.05) is 31.1 Å². The molecule has 2 aromatic carbocycles. The second-order valence-corrected chi connectivity index (χ2v) is 6.22. The van der Waals surface area contributed by atoms with Crippen LogP contribution in [0.4, 0.5) is 23.2 Å². The third kappa shape index (κ3) is 4.33. The van der Waals surface area contributed by atoms with Gasteiger partial charge in [-0.25, -0.2) is 4.39 Å². The number of hydrogen-bond donors (Lipinski definition) is 0. The number of benzene rings is 2. The minimum Gasteiger partial charge on any atom is -0.368 e. The van der Waals surface area contributed by atoms with Gasteiger partial charge in [0.15, 0.2) is 0 Å². The van der Waals surface area contributed by atoms with Crippen molar-refractivity contribution in [2.24, 2.45) is 0 Å². The number of carbonyl (C=O) groups excluding carboxylic acids is 1. The fourth-order valence-corrected chi connectivity index (χ4v) is 2.98. The number of anilines is 1. The van der Waals surface area contributed by atoms with Crippen LogP contribution >= 0.6 is 0 Å². The van der Waals surface area contributed by atoms with Crippen LogP contribution in [0.3, 0.4) is 0 Å². The Labute approximate surface area is 148 Å². The Morgan fingerprint density at radius 2 is 1.62 bits per heavy atom. The SMILES string of the molecule is O=C(Cc1ccc(F)cc1)N1CCN(c2cccc(C(F)(F)F)c2)CC1. The van der Waals surface area contributed by atoms with E-state index in [-0.39, 0.29) is 18.1 Å². The molecule has 0 spiro atoms. The summed E-state index contributed by atoms with van der Waals surface area (Å²) < 4.78 is 51.4. The van der Waals surface area contributed by atoms with Crippen LogP contribution in [-0.2, 0) is 17.4 Å². The molecular weight excluding hydrogens is 348 g/mol. The van der Waals surface area contributed by atoms with Crippen molar-refractivity contribution < 1.29 is 22.4 Å². The lowest BCUT2D eigenvalue weighted by atomic mass is 10.1. The van der Waals surface area contributed by atoms with Gasteiger partial charge in [-0.05, 0) is 35.9 Å². The van der Waals surface area contributed by atoms with Crippen LogP contribution < -0.4 is 4.90 Å². The van der Waals surface area contributed by atoms with Gasteiger partial charge in [-0.2, -0.15) is 13.2 Å². The Balaban J connectivity index is 1.59. The molecule has 0 bridgehead atoms. The standard InChI is InChI=1S/C19H18F4N2O/c20-16-6-4-14(5-7-16)12-18(26)25-10-8-24(9-11-25)17-3-1-2-15(13-17)19(21,22)23/h1-7,13H,8-12H2. The van der Waals surface area contributed by atoms with Crippen LogP contribution in [-0.4, -0.2) is 37.0 Å². The Bertz CT molecular complexity index is 766. The third-order valence-electron chi connectivity index (χ3n) is 4.44. The Hall–Kier alpha value is -2.57. The lowest BCUT2D eigenvalue weighted by Crippen LogP contribution is -2.49. The number of alkyl halides is 3. The van der Waals surface area contributed by atoms with Crippen molar-refractivity contribution in [3.05, 3.63) is 65.5 Å². The molecule has 138 valence electrons. The first-order chi connectivity index (χ1) is 12.3. The van der Waals surface area contributed by atoms with Crippen LogP contribution in [0.1, 0.15) is 11.1 Å². The minimum absolute atomic E-state index is 0.0692. The molecule has 0 saturated carbocycles. The highest BCUT2D eigenvalue weighted by Gasteiger charge is 2.31. The summed E-state index contributed by atoms with van der Waals surface area (Å²) in [4.78, 5) is 15.9. The van der Waals surface area contributed by atoms with Crippen molar-refractivity contribution in [3.8, 4) is 0 Å². The van der Waals surface area contributed by atoms with E-state index in [2.05, 4.69) is 0 Å². The normalized spacial score (nSPS) is 15.2. The van der Waals surface area contributed by atoms with Crippen molar-refractivity contribution >= 4 is 11.6 Å². The molecule has 0 aliphatic carbocycles. The quantitative estimate of drug-likeness (QED) is 0.773. The van der Waals surface area contributed by atoms with Gasteiger partial charge in [-0.3, -0.25) is 4.79 Å². The van der Waals surface area contributed by atoms with E-state index < -0.39 is 11.7 Å². The smallest absolute Gasteiger partial charge is 0.368 e. The van der Waals surface area contributed by atoms with E-state index in [4.69, 9.17) is 0 Å². The zero-order valence-electron chi connectivity index (χ0n) is 14.0. The number of amides is 1. The number of hydrogen-bond acceptors (Lipinski definition) is 2. The van der Waals surface area contributed by atoms with Gasteiger partial charge in [-0.15, -0.1) is 0 Å². The van der Waals surface area contributed by atoms with Gasteiger partial charge in [0.25, 0.3) is 0 Å². The number of rotatable bonds is 3. The molecule has 1 aliphatic heterocycles. The molecule has 26 heavy (non-hydrogen) atoms. The second-order valence-electron chi connectivity index (χ2n) is 6.22. The van der Waals surface area contributed by atoms with E-state index >= 15 is 0 Å². The number of nitrogens with zero attached hydrogens (tertiary/aromatic N) is 2. The molecule has 3 rings (SSSR count). The maximum Gasteiger partial charge on any atom is 0.416 e. The Kier molecular flexibility index (Phi) is 5.15. The van der Waals surface area contributed by atoms with E-state index in [9.17, 15) is 22.4 Å². The summed E-state index contributed by atoms with van der Waals surface area (Å²) in [6, 6.07) is 11.0. The summed E-state index contributed by atoms with van der Waals surface area (Å²) in [5, 5.41) is 0. The first-order valence-corrected chi connectivity index (χ1v) is 8.27. The van der Waals surface area contributed by atoms with E-state index in [0.29, 0.717) is 31.9 Å². The molecule has 1 saturated heterocycles. The van der Waals surface area contributed by atoms with Gasteiger partial charge in [0.05, 0.1) is 12.0 Å². The van der Waals surface area contributed by atoms with Crippen molar-refractivity contribution in [1.82, 2.24) is 4.90 Å². The van der Waals surface area contributed by atoms with E-state index in [1.165, 1.54) is 18.2 Å². The van der Waals surface area contributed by atoms with Crippen molar-refractivity contribution in [1.29, 1.82) is 0 Å². The Morgan fingerprint density at radius 3 is 2.23 bits per heavy atom. The van der Waals surface area contributed by atoms with Gasteiger partial charge in [0.1, 0.15) is 5.82 Å². The molecule has 2 aromatic rings. The predicted octanol–water partition coefficient (Wildman–Crippen LogP) is 3.74. The van der Waals surface area contributed by atoms with Gasteiger partial charge in [-0.1, -0.05) is 18.2 Å². The zero-order chi connectivity index (χ0) is 18.7. The largest absolute Gasteiger partial charge is 0.416 e. The molecule has 3 nitrogen and oxygen atoms in total. The highest BCUT2D eigenvalue weighted by molar-refractivity contribution is 5.79. The average molecular weight is 366 g/mol. The van der Waals surface area contributed by atoms with E-state index in [1.54, 1.807) is 23.1 Å². The molecular formula is C19H18F4N2O. The van der Waals surface area contributed by atoms with Crippen LogP contribution in [0.2, 0.25) is 0 Å². The molecule has 0 N–H and O–H groups in total. The fraction of sp³-hybridized carbons (Fsp3) is 0.316. The topological polar surface area (TPSA) is 23.6 Å².